The topological polar surface area (TPSA) is 48.4 Å². The molecule has 0 atom stereocenters. The molecular weight excluding hydrogens is 407 g/mol. The molecule has 7 heteroatoms. The summed E-state index contributed by atoms with van der Waals surface area (Å²) in [6.07, 6.45) is 1.75. The van der Waals surface area contributed by atoms with Crippen molar-refractivity contribution in [3.63, 3.8) is 0 Å². The summed E-state index contributed by atoms with van der Waals surface area (Å²) in [5.74, 6) is -0.455. The number of pyridine rings is 1. The fraction of sp³-hybridized carbons (Fsp3) is 0.261. The van der Waals surface area contributed by atoms with Crippen molar-refractivity contribution in [2.45, 2.75) is 26.9 Å². The molecule has 3 aromatic rings. The zero-order chi connectivity index (χ0) is 22.0. The van der Waals surface area contributed by atoms with Crippen molar-refractivity contribution in [2.75, 3.05) is 13.2 Å². The Labute approximate surface area is 176 Å². The summed E-state index contributed by atoms with van der Waals surface area (Å²) in [5.41, 5.74) is 3.12. The molecule has 3 rings (SSSR count). The van der Waals surface area contributed by atoms with Crippen LogP contribution in [0.2, 0.25) is 0 Å². The van der Waals surface area contributed by atoms with Crippen molar-refractivity contribution in [1.82, 2.24) is 4.98 Å². The number of nitrogens with zero attached hydrogens (tertiary/aromatic N) is 1. The third-order valence-electron chi connectivity index (χ3n) is 3.97. The monoisotopic (exact) mass is 433 g/mol. The maximum absolute atomic E-state index is 13.2. The largest absolute Gasteiger partial charge is 0.336 e. The van der Waals surface area contributed by atoms with Gasteiger partial charge >= 0.3 is 7.60 Å². The lowest BCUT2D eigenvalue weighted by molar-refractivity contribution is 0.219. The Kier molecular flexibility index (Phi) is 9.31. The van der Waals surface area contributed by atoms with Gasteiger partial charge in [0.15, 0.2) is 0 Å². The minimum Gasteiger partial charge on any atom is -0.309 e. The van der Waals surface area contributed by atoms with E-state index in [1.807, 2.05) is 25.1 Å². The number of benzene rings is 2. The minimum atomic E-state index is -3.16. The molecule has 30 heavy (non-hydrogen) atoms. The fourth-order valence-electron chi connectivity index (χ4n) is 2.68. The van der Waals surface area contributed by atoms with E-state index in [1.165, 1.54) is 24.3 Å². The van der Waals surface area contributed by atoms with E-state index >= 15 is 0 Å². The molecule has 1 aromatic heterocycles. The lowest BCUT2D eigenvalue weighted by Gasteiger charge is -2.16. The highest BCUT2D eigenvalue weighted by molar-refractivity contribution is 7.53. The highest BCUT2D eigenvalue weighted by Crippen LogP contribution is 2.50. The van der Waals surface area contributed by atoms with E-state index in [0.29, 0.717) is 18.9 Å². The van der Waals surface area contributed by atoms with Crippen LogP contribution in [0.4, 0.5) is 8.78 Å². The first-order valence-corrected chi connectivity index (χ1v) is 11.4. The standard InChI is InChI=1S/C16H19FNO3P.C7H7F/c1-3-20-22(19,21-4-2)12-16-9-8-14(11-18-16)13-6-5-7-15(17)10-13;1-6-3-2-4-7(8)5-6/h5-11H,3-4,12H2,1-2H3;2-5H,1H3. The second-order valence-electron chi connectivity index (χ2n) is 6.45. The van der Waals surface area contributed by atoms with Gasteiger partial charge in [0.1, 0.15) is 11.6 Å². The number of hydrogen-bond donors (Lipinski definition) is 0. The normalized spacial score (nSPS) is 11.0. The first kappa shape index (κ1) is 23.9. The molecule has 0 spiro atoms. The predicted molar refractivity (Wildman–Crippen MR) is 115 cm³/mol. The van der Waals surface area contributed by atoms with Crippen LogP contribution in [0.5, 0.6) is 0 Å². The molecular formula is C23H26F2NO3P. The number of rotatable bonds is 7. The van der Waals surface area contributed by atoms with Crippen LogP contribution >= 0.6 is 7.60 Å². The Bertz CT molecular complexity index is 953. The zero-order valence-electron chi connectivity index (χ0n) is 17.3. The first-order chi connectivity index (χ1) is 14.3. The Hall–Kier alpha value is -2.40. The molecule has 0 N–H and O–H groups in total. The van der Waals surface area contributed by atoms with Crippen molar-refractivity contribution in [3.05, 3.63) is 89.8 Å². The van der Waals surface area contributed by atoms with E-state index in [0.717, 1.165) is 16.7 Å². The Morgan fingerprint density at radius 2 is 1.50 bits per heavy atom. The van der Waals surface area contributed by atoms with Crippen LogP contribution in [0.3, 0.4) is 0 Å². The molecule has 0 fully saturated rings. The zero-order valence-corrected chi connectivity index (χ0v) is 18.2. The summed E-state index contributed by atoms with van der Waals surface area (Å²) in [4.78, 5) is 4.28. The molecule has 0 unspecified atom stereocenters. The van der Waals surface area contributed by atoms with E-state index in [9.17, 15) is 13.3 Å². The highest BCUT2D eigenvalue weighted by atomic mass is 31.2. The van der Waals surface area contributed by atoms with Crippen LogP contribution in [0.15, 0.2) is 66.9 Å². The maximum atomic E-state index is 13.2. The first-order valence-electron chi connectivity index (χ1n) is 9.66. The molecule has 0 aliphatic carbocycles. The van der Waals surface area contributed by atoms with Crippen LogP contribution < -0.4 is 0 Å². The van der Waals surface area contributed by atoms with Gasteiger partial charge in [-0.3, -0.25) is 9.55 Å². The third-order valence-corrected chi connectivity index (χ3v) is 5.98. The van der Waals surface area contributed by atoms with Crippen LogP contribution in [0.25, 0.3) is 11.1 Å². The van der Waals surface area contributed by atoms with Gasteiger partial charge in [-0.2, -0.15) is 0 Å². The number of aromatic nitrogens is 1. The predicted octanol–water partition coefficient (Wildman–Crippen LogP) is 6.79. The fourth-order valence-corrected chi connectivity index (χ4v) is 4.31. The molecule has 0 aliphatic rings. The van der Waals surface area contributed by atoms with Crippen molar-refractivity contribution < 1.29 is 22.4 Å². The van der Waals surface area contributed by atoms with Gasteiger partial charge in [-0.25, -0.2) is 8.78 Å². The molecule has 2 aromatic carbocycles. The van der Waals surface area contributed by atoms with Crippen LogP contribution in [-0.2, 0) is 19.8 Å². The Morgan fingerprint density at radius 1 is 0.867 bits per heavy atom. The molecule has 0 aliphatic heterocycles. The van der Waals surface area contributed by atoms with Gasteiger partial charge in [-0.15, -0.1) is 0 Å². The maximum Gasteiger partial charge on any atom is 0.336 e. The van der Waals surface area contributed by atoms with E-state index in [2.05, 4.69) is 4.98 Å². The van der Waals surface area contributed by atoms with E-state index in [-0.39, 0.29) is 17.8 Å². The molecule has 0 saturated carbocycles. The smallest absolute Gasteiger partial charge is 0.309 e. The molecule has 0 saturated heterocycles. The van der Waals surface area contributed by atoms with Gasteiger partial charge in [-0.1, -0.05) is 30.3 Å². The lowest BCUT2D eigenvalue weighted by atomic mass is 10.1. The highest BCUT2D eigenvalue weighted by Gasteiger charge is 2.24. The number of aryl methyl sites for hydroxylation is 1. The van der Waals surface area contributed by atoms with Gasteiger partial charge in [0.05, 0.1) is 25.1 Å². The average Bonchev–Trinajstić information content (AvgIpc) is 2.69. The Balaban J connectivity index is 0.000000335. The van der Waals surface area contributed by atoms with Gasteiger partial charge in [0.25, 0.3) is 0 Å². The Morgan fingerprint density at radius 3 is 1.97 bits per heavy atom. The molecule has 0 amide bonds. The van der Waals surface area contributed by atoms with Crippen molar-refractivity contribution in [1.29, 1.82) is 0 Å². The molecule has 160 valence electrons. The summed E-state index contributed by atoms with van der Waals surface area (Å²) in [6.45, 7) is 6.04. The summed E-state index contributed by atoms with van der Waals surface area (Å²) < 4.78 is 48.3. The van der Waals surface area contributed by atoms with E-state index in [1.54, 1.807) is 38.2 Å². The number of halogens is 2. The second kappa shape index (κ2) is 11.7. The molecule has 4 nitrogen and oxygen atoms in total. The van der Waals surface area contributed by atoms with Crippen molar-refractivity contribution in [3.8, 4) is 11.1 Å². The summed E-state index contributed by atoms with van der Waals surface area (Å²) in [7, 11) is -3.16. The molecule has 1 heterocycles. The van der Waals surface area contributed by atoms with Crippen LogP contribution in [-0.4, -0.2) is 18.2 Å². The summed E-state index contributed by atoms with van der Waals surface area (Å²) >= 11 is 0. The minimum absolute atomic E-state index is 0.123. The third kappa shape index (κ3) is 7.79. The van der Waals surface area contributed by atoms with Crippen molar-refractivity contribution >= 4 is 7.60 Å². The van der Waals surface area contributed by atoms with Gasteiger partial charge in [0.2, 0.25) is 0 Å². The quantitative estimate of drug-likeness (QED) is 0.385. The second-order valence-corrected chi connectivity index (χ2v) is 8.51. The van der Waals surface area contributed by atoms with Gasteiger partial charge in [0, 0.05) is 11.8 Å². The summed E-state index contributed by atoms with van der Waals surface area (Å²) in [5, 5.41) is 0. The van der Waals surface area contributed by atoms with E-state index in [4.69, 9.17) is 9.05 Å². The SMILES string of the molecule is CCOP(=O)(Cc1ccc(-c2cccc(F)c2)cn1)OCC.Cc1cccc(F)c1. The van der Waals surface area contributed by atoms with E-state index < -0.39 is 7.60 Å². The van der Waals surface area contributed by atoms with Gasteiger partial charge in [-0.05, 0) is 62.2 Å². The lowest BCUT2D eigenvalue weighted by Crippen LogP contribution is -2.00. The van der Waals surface area contributed by atoms with Crippen LogP contribution in [0.1, 0.15) is 25.1 Å². The van der Waals surface area contributed by atoms with Gasteiger partial charge < -0.3 is 9.05 Å². The number of hydrogen-bond acceptors (Lipinski definition) is 4. The van der Waals surface area contributed by atoms with Crippen molar-refractivity contribution in [2.24, 2.45) is 0 Å². The van der Waals surface area contributed by atoms with Crippen LogP contribution in [0, 0.1) is 18.6 Å². The molecule has 0 radical (unpaired) electrons. The summed E-state index contributed by atoms with van der Waals surface area (Å²) in [6, 6.07) is 16.4. The average molecular weight is 433 g/mol. The molecule has 0 bridgehead atoms.